The van der Waals surface area contributed by atoms with E-state index in [2.05, 4.69) is 15.0 Å². The van der Waals surface area contributed by atoms with Crippen molar-refractivity contribution in [1.29, 1.82) is 0 Å². The highest BCUT2D eigenvalue weighted by molar-refractivity contribution is 7.17. The lowest BCUT2D eigenvalue weighted by atomic mass is 10.2. The monoisotopic (exact) mass is 331 g/mol. The normalized spacial score (nSPS) is 10.9. The fourth-order valence-electron chi connectivity index (χ4n) is 2.24. The van der Waals surface area contributed by atoms with Crippen LogP contribution in [0.3, 0.4) is 0 Å². The summed E-state index contributed by atoms with van der Waals surface area (Å²) in [5, 5.41) is 12.7. The Morgan fingerprint density at radius 2 is 2.26 bits per heavy atom. The summed E-state index contributed by atoms with van der Waals surface area (Å²) >= 11 is 1.35. The predicted octanol–water partition coefficient (Wildman–Crippen LogP) is 2.23. The van der Waals surface area contributed by atoms with Crippen LogP contribution in [0.4, 0.5) is 11.5 Å². The fraction of sp³-hybridized carbons (Fsp3) is 0.214. The van der Waals surface area contributed by atoms with Gasteiger partial charge in [-0.2, -0.15) is 0 Å². The average Bonchev–Trinajstić information content (AvgIpc) is 2.95. The molecule has 3 heterocycles. The zero-order chi connectivity index (χ0) is 16.6. The molecule has 3 aromatic rings. The molecule has 0 spiro atoms. The van der Waals surface area contributed by atoms with Gasteiger partial charge in [-0.3, -0.25) is 14.9 Å². The summed E-state index contributed by atoms with van der Waals surface area (Å²) in [5.41, 5.74) is 1.01. The van der Waals surface area contributed by atoms with Crippen LogP contribution in [-0.4, -0.2) is 26.9 Å². The maximum atomic E-state index is 12.0. The molecule has 23 heavy (non-hydrogen) atoms. The highest BCUT2D eigenvalue weighted by Crippen LogP contribution is 2.21. The second-order valence-electron chi connectivity index (χ2n) is 5.09. The standard InChI is InChI=1S/C14H13N5O3S/c1-8-5-12(15-6-10(8)19(21)22)18(2)7-11-16-9-3-4-23-13(9)14(20)17-11/h3-6H,7H2,1-2H3,(H,16,17,20). The largest absolute Gasteiger partial charge is 0.352 e. The van der Waals surface area contributed by atoms with E-state index < -0.39 is 4.92 Å². The number of aromatic amines is 1. The number of anilines is 1. The number of rotatable bonds is 4. The molecule has 0 saturated heterocycles. The molecule has 0 amide bonds. The number of nitrogens with one attached hydrogen (secondary N) is 1. The van der Waals surface area contributed by atoms with Gasteiger partial charge in [0.25, 0.3) is 11.2 Å². The van der Waals surface area contributed by atoms with E-state index in [1.54, 1.807) is 31.0 Å². The van der Waals surface area contributed by atoms with E-state index in [4.69, 9.17) is 0 Å². The van der Waals surface area contributed by atoms with Gasteiger partial charge in [-0.1, -0.05) is 0 Å². The van der Waals surface area contributed by atoms with E-state index in [0.29, 0.717) is 34.0 Å². The molecule has 118 valence electrons. The van der Waals surface area contributed by atoms with Gasteiger partial charge in [0.1, 0.15) is 22.5 Å². The minimum absolute atomic E-state index is 0.0200. The van der Waals surface area contributed by atoms with Gasteiger partial charge in [-0.05, 0) is 24.4 Å². The highest BCUT2D eigenvalue weighted by Gasteiger charge is 2.14. The number of hydrogen-bond donors (Lipinski definition) is 1. The van der Waals surface area contributed by atoms with Crippen LogP contribution in [0.25, 0.3) is 10.2 Å². The van der Waals surface area contributed by atoms with Crippen LogP contribution in [0.1, 0.15) is 11.4 Å². The maximum Gasteiger partial charge on any atom is 0.290 e. The first-order valence-corrected chi connectivity index (χ1v) is 7.62. The molecule has 0 atom stereocenters. The summed E-state index contributed by atoms with van der Waals surface area (Å²) in [6.45, 7) is 2.00. The molecule has 0 saturated carbocycles. The summed E-state index contributed by atoms with van der Waals surface area (Å²) in [6, 6.07) is 3.44. The lowest BCUT2D eigenvalue weighted by Crippen LogP contribution is -2.22. The molecular formula is C14H13N5O3S. The molecule has 0 bridgehead atoms. The number of hydrogen-bond acceptors (Lipinski definition) is 7. The highest BCUT2D eigenvalue weighted by atomic mass is 32.1. The topological polar surface area (TPSA) is 105 Å². The first-order valence-electron chi connectivity index (χ1n) is 6.74. The third-order valence-electron chi connectivity index (χ3n) is 3.41. The number of nitrogens with zero attached hydrogens (tertiary/aromatic N) is 4. The minimum atomic E-state index is -0.463. The Labute approximate surface area is 134 Å². The van der Waals surface area contributed by atoms with E-state index in [-0.39, 0.29) is 11.2 Å². The fourth-order valence-corrected chi connectivity index (χ4v) is 2.96. The molecule has 0 aliphatic carbocycles. The third kappa shape index (κ3) is 2.90. The SMILES string of the molecule is Cc1cc(N(C)Cc2nc3ccsc3c(=O)[nH]2)ncc1[N+](=O)[O-]. The van der Waals surface area contributed by atoms with Gasteiger partial charge in [0.05, 0.1) is 17.0 Å². The molecule has 8 nitrogen and oxygen atoms in total. The van der Waals surface area contributed by atoms with Crippen LogP contribution >= 0.6 is 11.3 Å². The van der Waals surface area contributed by atoms with Crippen molar-refractivity contribution >= 4 is 33.1 Å². The van der Waals surface area contributed by atoms with Crippen molar-refractivity contribution in [3.63, 3.8) is 0 Å². The van der Waals surface area contributed by atoms with Crippen molar-refractivity contribution in [2.24, 2.45) is 0 Å². The van der Waals surface area contributed by atoms with E-state index in [1.807, 2.05) is 5.38 Å². The molecule has 1 N–H and O–H groups in total. The van der Waals surface area contributed by atoms with E-state index in [0.717, 1.165) is 0 Å². The van der Waals surface area contributed by atoms with Crippen LogP contribution < -0.4 is 10.5 Å². The van der Waals surface area contributed by atoms with Gasteiger partial charge >= 0.3 is 0 Å². The van der Waals surface area contributed by atoms with E-state index in [9.17, 15) is 14.9 Å². The molecule has 0 aliphatic rings. The summed E-state index contributed by atoms with van der Waals surface area (Å²) in [4.78, 5) is 35.4. The Bertz CT molecular complexity index is 949. The molecule has 0 unspecified atom stereocenters. The van der Waals surface area contributed by atoms with Crippen molar-refractivity contribution < 1.29 is 4.92 Å². The second-order valence-corrected chi connectivity index (χ2v) is 6.01. The smallest absolute Gasteiger partial charge is 0.290 e. The molecule has 3 rings (SSSR count). The number of pyridine rings is 1. The lowest BCUT2D eigenvalue weighted by molar-refractivity contribution is -0.385. The number of aryl methyl sites for hydroxylation is 1. The van der Waals surface area contributed by atoms with Crippen molar-refractivity contribution in [2.75, 3.05) is 11.9 Å². The van der Waals surface area contributed by atoms with Gasteiger partial charge in [0.15, 0.2) is 0 Å². The Morgan fingerprint density at radius 1 is 1.48 bits per heavy atom. The van der Waals surface area contributed by atoms with Crippen LogP contribution in [0, 0.1) is 17.0 Å². The van der Waals surface area contributed by atoms with Crippen molar-refractivity contribution in [3.8, 4) is 0 Å². The zero-order valence-corrected chi connectivity index (χ0v) is 13.3. The number of fused-ring (bicyclic) bond motifs is 1. The number of H-pyrrole nitrogens is 1. The predicted molar refractivity (Wildman–Crippen MR) is 88.0 cm³/mol. The van der Waals surface area contributed by atoms with E-state index >= 15 is 0 Å². The second kappa shape index (κ2) is 5.76. The van der Waals surface area contributed by atoms with Gasteiger partial charge in [0.2, 0.25) is 0 Å². The van der Waals surface area contributed by atoms with Crippen molar-refractivity contribution in [3.05, 3.63) is 55.6 Å². The van der Waals surface area contributed by atoms with Crippen molar-refractivity contribution in [2.45, 2.75) is 13.5 Å². The zero-order valence-electron chi connectivity index (χ0n) is 12.4. The Morgan fingerprint density at radius 3 is 2.96 bits per heavy atom. The Balaban J connectivity index is 1.88. The molecular weight excluding hydrogens is 318 g/mol. The number of aromatic nitrogens is 3. The van der Waals surface area contributed by atoms with Gasteiger partial charge in [-0.15, -0.1) is 11.3 Å². The van der Waals surface area contributed by atoms with Gasteiger partial charge in [0, 0.05) is 12.6 Å². The molecule has 0 aliphatic heterocycles. The molecule has 0 radical (unpaired) electrons. The summed E-state index contributed by atoms with van der Waals surface area (Å²) < 4.78 is 0.598. The first kappa shape index (κ1) is 15.1. The average molecular weight is 331 g/mol. The molecule has 3 aromatic heterocycles. The van der Waals surface area contributed by atoms with E-state index in [1.165, 1.54) is 17.5 Å². The van der Waals surface area contributed by atoms with Crippen molar-refractivity contribution in [1.82, 2.24) is 15.0 Å². The Hall–Kier alpha value is -2.81. The molecule has 0 fully saturated rings. The summed E-state index contributed by atoms with van der Waals surface area (Å²) in [6.07, 6.45) is 1.24. The Kier molecular flexibility index (Phi) is 3.78. The first-order chi connectivity index (χ1) is 11.0. The molecule has 0 aromatic carbocycles. The van der Waals surface area contributed by atoms with Crippen LogP contribution in [-0.2, 0) is 6.54 Å². The number of thiophene rings is 1. The van der Waals surface area contributed by atoms with Crippen LogP contribution in [0.5, 0.6) is 0 Å². The van der Waals surface area contributed by atoms with Gasteiger partial charge < -0.3 is 9.88 Å². The van der Waals surface area contributed by atoms with Crippen LogP contribution in [0.2, 0.25) is 0 Å². The van der Waals surface area contributed by atoms with Crippen LogP contribution in [0.15, 0.2) is 28.5 Å². The lowest BCUT2D eigenvalue weighted by Gasteiger charge is -2.17. The quantitative estimate of drug-likeness (QED) is 0.580. The third-order valence-corrected chi connectivity index (χ3v) is 4.31. The minimum Gasteiger partial charge on any atom is -0.352 e. The molecule has 9 heteroatoms. The maximum absolute atomic E-state index is 12.0. The summed E-state index contributed by atoms with van der Waals surface area (Å²) in [7, 11) is 1.78. The number of nitro groups is 1. The van der Waals surface area contributed by atoms with Gasteiger partial charge in [-0.25, -0.2) is 9.97 Å². The summed E-state index contributed by atoms with van der Waals surface area (Å²) in [5.74, 6) is 1.09.